The monoisotopic (exact) mass is 377 g/mol. The van der Waals surface area contributed by atoms with E-state index in [1.54, 1.807) is 0 Å². The summed E-state index contributed by atoms with van der Waals surface area (Å²) in [6, 6.07) is 4.51. The number of hydrazine groups is 1. The molecule has 0 aromatic heterocycles. The van der Waals surface area contributed by atoms with Crippen molar-refractivity contribution in [3.8, 4) is 0 Å². The number of alkyl halides is 3. The largest absolute Gasteiger partial charge is 0.417 e. The molecule has 0 saturated carbocycles. The van der Waals surface area contributed by atoms with Crippen molar-refractivity contribution in [2.24, 2.45) is 11.8 Å². The van der Waals surface area contributed by atoms with Crippen LogP contribution < -0.4 is 10.9 Å². The van der Waals surface area contributed by atoms with Gasteiger partial charge in [0.05, 0.1) is 10.5 Å². The van der Waals surface area contributed by atoms with Gasteiger partial charge in [0.15, 0.2) is 0 Å². The second-order valence-corrected chi connectivity index (χ2v) is 8.69. The van der Waals surface area contributed by atoms with Crippen molar-refractivity contribution in [1.29, 1.82) is 0 Å². The number of hydrogen-bond acceptors (Lipinski definition) is 4. The molecular formula is C16H22F3N3O2S. The predicted molar refractivity (Wildman–Crippen MR) is 87.0 cm³/mol. The van der Waals surface area contributed by atoms with Crippen LogP contribution in [0, 0.1) is 11.8 Å². The topological polar surface area (TPSA) is 61.4 Å². The Morgan fingerprint density at radius 2 is 1.96 bits per heavy atom. The molecule has 3 atom stereocenters. The van der Waals surface area contributed by atoms with Crippen LogP contribution in [0.15, 0.2) is 29.2 Å². The second-order valence-electron chi connectivity index (χ2n) is 6.79. The predicted octanol–water partition coefficient (Wildman–Crippen LogP) is 2.22. The van der Waals surface area contributed by atoms with E-state index in [1.807, 2.05) is 0 Å². The number of nitrogens with one attached hydrogen (secondary N) is 2. The molecule has 25 heavy (non-hydrogen) atoms. The first-order valence-corrected chi connectivity index (χ1v) is 9.80. The van der Waals surface area contributed by atoms with Gasteiger partial charge in [-0.3, -0.25) is 10.9 Å². The first-order valence-electron chi connectivity index (χ1n) is 8.36. The van der Waals surface area contributed by atoms with Gasteiger partial charge in [-0.05, 0) is 36.8 Å². The molecule has 3 rings (SSSR count). The number of piperidine rings is 1. The molecule has 2 aliphatic heterocycles. The molecule has 0 radical (unpaired) electrons. The Labute approximate surface area is 145 Å². The van der Waals surface area contributed by atoms with Crippen LogP contribution >= 0.6 is 0 Å². The molecule has 0 bridgehead atoms. The summed E-state index contributed by atoms with van der Waals surface area (Å²) in [5.74, 6) is 0.418. The van der Waals surface area contributed by atoms with Crippen LogP contribution in [0.1, 0.15) is 25.3 Å². The highest BCUT2D eigenvalue weighted by Gasteiger charge is 2.41. The van der Waals surface area contributed by atoms with Crippen molar-refractivity contribution >= 4 is 10.0 Å². The SMILES string of the molecule is CC1CNNC1C1CCCN(S(=O)(=O)c2ccccc2C(F)(F)F)C1. The summed E-state index contributed by atoms with van der Waals surface area (Å²) in [4.78, 5) is -0.659. The van der Waals surface area contributed by atoms with E-state index in [-0.39, 0.29) is 25.0 Å². The van der Waals surface area contributed by atoms with E-state index < -0.39 is 26.7 Å². The Morgan fingerprint density at radius 1 is 1.24 bits per heavy atom. The van der Waals surface area contributed by atoms with E-state index >= 15 is 0 Å². The van der Waals surface area contributed by atoms with Gasteiger partial charge in [-0.15, -0.1) is 0 Å². The number of halogens is 3. The molecule has 9 heteroatoms. The van der Waals surface area contributed by atoms with Crippen molar-refractivity contribution in [3.05, 3.63) is 29.8 Å². The Balaban J connectivity index is 1.88. The number of rotatable bonds is 3. The maximum Gasteiger partial charge on any atom is 0.417 e. The van der Waals surface area contributed by atoms with Gasteiger partial charge in [0.2, 0.25) is 10.0 Å². The number of hydrogen-bond donors (Lipinski definition) is 2. The average Bonchev–Trinajstić information content (AvgIpc) is 3.00. The highest BCUT2D eigenvalue weighted by molar-refractivity contribution is 7.89. The van der Waals surface area contributed by atoms with Gasteiger partial charge in [-0.2, -0.15) is 17.5 Å². The van der Waals surface area contributed by atoms with Gasteiger partial charge < -0.3 is 0 Å². The molecule has 0 spiro atoms. The Hall–Kier alpha value is -1.16. The molecule has 2 heterocycles. The third-order valence-electron chi connectivity index (χ3n) is 5.04. The smallest absolute Gasteiger partial charge is 0.257 e. The first kappa shape index (κ1) is 18.6. The van der Waals surface area contributed by atoms with E-state index in [2.05, 4.69) is 17.8 Å². The summed E-state index contributed by atoms with van der Waals surface area (Å²) in [5, 5.41) is 0. The summed E-state index contributed by atoms with van der Waals surface area (Å²) in [5.41, 5.74) is 5.13. The standard InChI is InChI=1S/C16H22F3N3O2S/c1-11-9-20-21-15(11)12-5-4-8-22(10-12)25(23,24)14-7-3-2-6-13(14)16(17,18)19/h2-3,6-7,11-12,15,20-21H,4-5,8-10H2,1H3. The summed E-state index contributed by atoms with van der Waals surface area (Å²) in [7, 11) is -4.19. The zero-order valence-corrected chi connectivity index (χ0v) is 14.7. The van der Waals surface area contributed by atoms with E-state index in [4.69, 9.17) is 0 Å². The second kappa shape index (κ2) is 6.86. The van der Waals surface area contributed by atoms with Crippen molar-refractivity contribution in [2.45, 2.75) is 36.9 Å². The van der Waals surface area contributed by atoms with Gasteiger partial charge in [0.1, 0.15) is 0 Å². The molecule has 140 valence electrons. The van der Waals surface area contributed by atoms with E-state index in [0.717, 1.165) is 25.1 Å². The first-order chi connectivity index (χ1) is 11.7. The zero-order valence-electron chi connectivity index (χ0n) is 13.9. The van der Waals surface area contributed by atoms with Gasteiger partial charge in [0, 0.05) is 25.7 Å². The van der Waals surface area contributed by atoms with E-state index in [0.29, 0.717) is 12.3 Å². The van der Waals surface area contributed by atoms with Crippen molar-refractivity contribution < 1.29 is 21.6 Å². The molecule has 1 aromatic rings. The average molecular weight is 377 g/mol. The fraction of sp³-hybridized carbons (Fsp3) is 0.625. The number of benzene rings is 1. The van der Waals surface area contributed by atoms with Gasteiger partial charge in [-0.25, -0.2) is 8.42 Å². The number of sulfonamides is 1. The van der Waals surface area contributed by atoms with Crippen molar-refractivity contribution in [1.82, 2.24) is 15.2 Å². The van der Waals surface area contributed by atoms with E-state index in [1.165, 1.54) is 16.4 Å². The normalized spacial score (nSPS) is 29.0. The fourth-order valence-corrected chi connectivity index (χ4v) is 5.49. The maximum atomic E-state index is 13.2. The third-order valence-corrected chi connectivity index (χ3v) is 6.97. The summed E-state index contributed by atoms with van der Waals surface area (Å²) >= 11 is 0. The van der Waals surface area contributed by atoms with Gasteiger partial charge in [0.25, 0.3) is 0 Å². The minimum absolute atomic E-state index is 0.0755. The van der Waals surface area contributed by atoms with Gasteiger partial charge >= 0.3 is 6.18 Å². The Morgan fingerprint density at radius 3 is 2.60 bits per heavy atom. The molecule has 1 aromatic carbocycles. The lowest BCUT2D eigenvalue weighted by Crippen LogP contribution is -2.48. The minimum atomic E-state index is -4.70. The molecule has 2 fully saturated rings. The van der Waals surface area contributed by atoms with Crippen LogP contribution in [-0.2, 0) is 16.2 Å². The maximum absolute atomic E-state index is 13.2. The lowest BCUT2D eigenvalue weighted by Gasteiger charge is -2.36. The molecule has 0 aliphatic carbocycles. The Kier molecular flexibility index (Phi) is 5.11. The highest BCUT2D eigenvalue weighted by atomic mass is 32.2. The summed E-state index contributed by atoms with van der Waals surface area (Å²) < 4.78 is 66.6. The molecule has 2 N–H and O–H groups in total. The fourth-order valence-electron chi connectivity index (χ4n) is 3.74. The van der Waals surface area contributed by atoms with Crippen LogP contribution in [0.2, 0.25) is 0 Å². The molecule has 2 saturated heterocycles. The molecule has 3 unspecified atom stereocenters. The number of nitrogens with zero attached hydrogens (tertiary/aromatic N) is 1. The quantitative estimate of drug-likeness (QED) is 0.848. The van der Waals surface area contributed by atoms with Crippen LogP contribution in [-0.4, -0.2) is 38.4 Å². The van der Waals surface area contributed by atoms with Crippen LogP contribution in [0.25, 0.3) is 0 Å². The van der Waals surface area contributed by atoms with Crippen molar-refractivity contribution in [3.63, 3.8) is 0 Å². The van der Waals surface area contributed by atoms with Crippen LogP contribution in [0.3, 0.4) is 0 Å². The molecule has 0 amide bonds. The van der Waals surface area contributed by atoms with Crippen molar-refractivity contribution in [2.75, 3.05) is 19.6 Å². The summed E-state index contributed by atoms with van der Waals surface area (Å²) in [6.07, 6.45) is -3.20. The minimum Gasteiger partial charge on any atom is -0.257 e. The highest BCUT2D eigenvalue weighted by Crippen LogP contribution is 2.36. The van der Waals surface area contributed by atoms with E-state index in [9.17, 15) is 21.6 Å². The molecular weight excluding hydrogens is 355 g/mol. The Bertz CT molecular complexity index is 724. The summed E-state index contributed by atoms with van der Waals surface area (Å²) in [6.45, 7) is 3.35. The third kappa shape index (κ3) is 3.69. The molecule has 5 nitrogen and oxygen atoms in total. The van der Waals surface area contributed by atoms with Crippen LogP contribution in [0.5, 0.6) is 0 Å². The van der Waals surface area contributed by atoms with Gasteiger partial charge in [-0.1, -0.05) is 19.1 Å². The lowest BCUT2D eigenvalue weighted by atomic mass is 9.86. The molecule has 2 aliphatic rings. The van der Waals surface area contributed by atoms with Crippen LogP contribution in [0.4, 0.5) is 13.2 Å². The zero-order chi connectivity index (χ0) is 18.2. The lowest BCUT2D eigenvalue weighted by molar-refractivity contribution is -0.139.